The van der Waals surface area contributed by atoms with E-state index < -0.39 is 11.3 Å². The number of hydrogen-bond acceptors (Lipinski definition) is 6. The molecule has 0 radical (unpaired) electrons. The van der Waals surface area contributed by atoms with E-state index >= 15 is 0 Å². The first kappa shape index (κ1) is 15.1. The van der Waals surface area contributed by atoms with Crippen molar-refractivity contribution in [3.63, 3.8) is 0 Å². The number of benzene rings is 1. The average molecular weight is 331 g/mol. The maximum absolute atomic E-state index is 12.4. The van der Waals surface area contributed by atoms with Crippen LogP contribution in [-0.4, -0.2) is 30.1 Å². The van der Waals surface area contributed by atoms with Gasteiger partial charge in [-0.1, -0.05) is 6.07 Å². The number of methoxy groups -OCH3 is 2. The van der Waals surface area contributed by atoms with Crippen molar-refractivity contribution in [3.05, 3.63) is 50.4 Å². The lowest BCUT2D eigenvalue weighted by Crippen LogP contribution is -2.18. The van der Waals surface area contributed by atoms with Gasteiger partial charge in [0.05, 0.1) is 24.6 Å². The maximum atomic E-state index is 12.4. The van der Waals surface area contributed by atoms with Gasteiger partial charge in [-0.15, -0.1) is 11.3 Å². The molecule has 6 nitrogen and oxygen atoms in total. The minimum absolute atomic E-state index is 0.285. The number of aromatic amines is 1. The molecule has 0 saturated heterocycles. The number of carbonyl (C=O) groups excluding carboxylic acids is 1. The molecule has 0 fully saturated rings. The largest absolute Gasteiger partial charge is 0.506 e. The fourth-order valence-electron chi connectivity index (χ4n) is 2.35. The van der Waals surface area contributed by atoms with Crippen molar-refractivity contribution in [2.24, 2.45) is 0 Å². The second-order valence-electron chi connectivity index (χ2n) is 4.74. The van der Waals surface area contributed by atoms with Crippen molar-refractivity contribution in [2.45, 2.75) is 0 Å². The fourth-order valence-corrected chi connectivity index (χ4v) is 3.02. The van der Waals surface area contributed by atoms with Crippen LogP contribution < -0.4 is 15.0 Å². The molecule has 23 heavy (non-hydrogen) atoms. The summed E-state index contributed by atoms with van der Waals surface area (Å²) in [6.45, 7) is 0. The van der Waals surface area contributed by atoms with Crippen LogP contribution in [0, 0.1) is 0 Å². The average Bonchev–Trinajstić information content (AvgIpc) is 3.08. The molecule has 2 heterocycles. The minimum atomic E-state index is -0.652. The topological polar surface area (TPSA) is 88.6 Å². The number of ketones is 1. The summed E-state index contributed by atoms with van der Waals surface area (Å²) < 4.78 is 10.4. The first-order chi connectivity index (χ1) is 11.1. The smallest absolute Gasteiger partial charge is 0.263 e. The van der Waals surface area contributed by atoms with E-state index in [-0.39, 0.29) is 11.3 Å². The Balaban J connectivity index is 2.29. The van der Waals surface area contributed by atoms with Gasteiger partial charge >= 0.3 is 0 Å². The lowest BCUT2D eigenvalue weighted by molar-refractivity contribution is 0.103. The molecule has 0 amide bonds. The van der Waals surface area contributed by atoms with Crippen LogP contribution in [0.4, 0.5) is 0 Å². The van der Waals surface area contributed by atoms with Crippen molar-refractivity contribution < 1.29 is 19.4 Å². The van der Waals surface area contributed by atoms with E-state index in [1.165, 1.54) is 37.7 Å². The first-order valence-electron chi connectivity index (χ1n) is 6.66. The van der Waals surface area contributed by atoms with Crippen LogP contribution in [0.2, 0.25) is 0 Å². The van der Waals surface area contributed by atoms with Crippen molar-refractivity contribution in [3.8, 4) is 17.2 Å². The molecule has 0 bridgehead atoms. The number of pyridine rings is 1. The van der Waals surface area contributed by atoms with Crippen molar-refractivity contribution in [1.82, 2.24) is 4.98 Å². The summed E-state index contributed by atoms with van der Waals surface area (Å²) in [5, 5.41) is 12.5. The zero-order chi connectivity index (χ0) is 16.6. The highest BCUT2D eigenvalue weighted by Gasteiger charge is 2.22. The third-order valence-electron chi connectivity index (χ3n) is 3.46. The van der Waals surface area contributed by atoms with Gasteiger partial charge in [0, 0.05) is 11.5 Å². The van der Waals surface area contributed by atoms with Crippen LogP contribution in [0.15, 0.2) is 34.4 Å². The minimum Gasteiger partial charge on any atom is -0.506 e. The highest BCUT2D eigenvalue weighted by molar-refractivity contribution is 7.12. The summed E-state index contributed by atoms with van der Waals surface area (Å²) >= 11 is 1.20. The lowest BCUT2D eigenvalue weighted by atomic mass is 10.1. The highest BCUT2D eigenvalue weighted by atomic mass is 32.1. The van der Waals surface area contributed by atoms with Crippen LogP contribution in [0.25, 0.3) is 10.9 Å². The van der Waals surface area contributed by atoms with Gasteiger partial charge < -0.3 is 19.6 Å². The van der Waals surface area contributed by atoms with Crippen LogP contribution in [0.3, 0.4) is 0 Å². The van der Waals surface area contributed by atoms with Crippen molar-refractivity contribution in [1.29, 1.82) is 0 Å². The van der Waals surface area contributed by atoms with Gasteiger partial charge in [0.2, 0.25) is 5.78 Å². The molecule has 0 atom stereocenters. The standard InChI is InChI=1S/C16H13NO5S/c1-21-10-6-8-9(7-11(10)22-2)17-16(20)13(14(8)18)15(19)12-4-3-5-23-12/h3-7H,1-2H3,(H2,17,18,20). The molecule has 0 saturated carbocycles. The molecule has 2 aromatic heterocycles. The Labute approximate surface area is 134 Å². The number of nitrogens with one attached hydrogen (secondary N) is 1. The van der Waals surface area contributed by atoms with Crippen LogP contribution >= 0.6 is 11.3 Å². The predicted octanol–water partition coefficient (Wildman–Crippen LogP) is 2.54. The third kappa shape index (κ3) is 2.44. The van der Waals surface area contributed by atoms with Gasteiger partial charge in [0.25, 0.3) is 5.56 Å². The number of thiophene rings is 1. The van der Waals surface area contributed by atoms with E-state index in [0.717, 1.165) is 0 Å². The monoisotopic (exact) mass is 331 g/mol. The molecule has 118 valence electrons. The molecule has 0 aliphatic rings. The van der Waals surface area contributed by atoms with E-state index in [9.17, 15) is 14.7 Å². The highest BCUT2D eigenvalue weighted by Crippen LogP contribution is 2.36. The quantitative estimate of drug-likeness (QED) is 0.717. The summed E-state index contributed by atoms with van der Waals surface area (Å²) in [5.74, 6) is -0.0946. The van der Waals surface area contributed by atoms with E-state index in [1.54, 1.807) is 17.5 Å². The molecule has 1 aromatic carbocycles. The zero-order valence-corrected chi connectivity index (χ0v) is 13.2. The Morgan fingerprint density at radius 1 is 1.22 bits per heavy atom. The normalized spacial score (nSPS) is 10.7. The number of H-pyrrole nitrogens is 1. The summed E-state index contributed by atoms with van der Waals surface area (Å²) in [4.78, 5) is 27.7. The van der Waals surface area contributed by atoms with Gasteiger partial charge in [-0.3, -0.25) is 9.59 Å². The molecule has 0 unspecified atom stereocenters. The summed E-state index contributed by atoms with van der Waals surface area (Å²) in [6.07, 6.45) is 0. The molecule has 3 aromatic rings. The summed E-state index contributed by atoms with van der Waals surface area (Å²) in [6, 6.07) is 6.36. The molecule has 7 heteroatoms. The molecule has 2 N–H and O–H groups in total. The fraction of sp³-hybridized carbons (Fsp3) is 0.125. The second kappa shape index (κ2) is 5.77. The number of aromatic hydroxyl groups is 1. The molecule has 3 rings (SSSR count). The number of hydrogen-bond donors (Lipinski definition) is 2. The SMILES string of the molecule is COc1cc2[nH]c(=O)c(C(=O)c3cccs3)c(O)c2cc1OC. The Morgan fingerprint density at radius 3 is 2.52 bits per heavy atom. The van der Waals surface area contributed by atoms with E-state index in [1.807, 2.05) is 0 Å². The predicted molar refractivity (Wildman–Crippen MR) is 87.1 cm³/mol. The number of carbonyl (C=O) groups is 1. The number of aromatic nitrogens is 1. The number of ether oxygens (including phenoxy) is 2. The van der Waals surface area contributed by atoms with Crippen molar-refractivity contribution >= 4 is 28.0 Å². The maximum Gasteiger partial charge on any atom is 0.263 e. The zero-order valence-electron chi connectivity index (χ0n) is 12.4. The van der Waals surface area contributed by atoms with Gasteiger partial charge in [0.15, 0.2) is 11.5 Å². The van der Waals surface area contributed by atoms with Crippen LogP contribution in [-0.2, 0) is 0 Å². The van der Waals surface area contributed by atoms with E-state index in [0.29, 0.717) is 27.3 Å². The third-order valence-corrected chi connectivity index (χ3v) is 4.33. The Hall–Kier alpha value is -2.80. The van der Waals surface area contributed by atoms with Crippen molar-refractivity contribution in [2.75, 3.05) is 14.2 Å². The molecular weight excluding hydrogens is 318 g/mol. The van der Waals surface area contributed by atoms with Gasteiger partial charge in [-0.25, -0.2) is 0 Å². The second-order valence-corrected chi connectivity index (χ2v) is 5.68. The molecular formula is C16H13NO5S. The van der Waals surface area contributed by atoms with E-state index in [2.05, 4.69) is 4.98 Å². The summed E-state index contributed by atoms with van der Waals surface area (Å²) in [5.41, 5.74) is -0.583. The lowest BCUT2D eigenvalue weighted by Gasteiger charge is -2.11. The first-order valence-corrected chi connectivity index (χ1v) is 7.54. The molecule has 0 aliphatic heterocycles. The van der Waals surface area contributed by atoms with Gasteiger partial charge in [0.1, 0.15) is 11.3 Å². The molecule has 0 aliphatic carbocycles. The van der Waals surface area contributed by atoms with Crippen LogP contribution in [0.5, 0.6) is 17.2 Å². The van der Waals surface area contributed by atoms with Gasteiger partial charge in [-0.2, -0.15) is 0 Å². The van der Waals surface area contributed by atoms with E-state index in [4.69, 9.17) is 9.47 Å². The number of fused-ring (bicyclic) bond motifs is 1. The number of rotatable bonds is 4. The summed E-state index contributed by atoms with van der Waals surface area (Å²) in [7, 11) is 2.93. The Morgan fingerprint density at radius 2 is 1.91 bits per heavy atom. The Bertz CT molecular complexity index is 943. The Kier molecular flexibility index (Phi) is 3.79. The molecule has 0 spiro atoms. The van der Waals surface area contributed by atoms with Crippen LogP contribution in [0.1, 0.15) is 15.2 Å². The van der Waals surface area contributed by atoms with Gasteiger partial charge in [-0.05, 0) is 17.5 Å².